The third kappa shape index (κ3) is 7.97. The number of H-pyrrole nitrogens is 1. The van der Waals surface area contributed by atoms with Crippen LogP contribution in [-0.2, 0) is 28.2 Å². The van der Waals surface area contributed by atoms with Crippen LogP contribution in [-0.4, -0.2) is 51.8 Å². The summed E-state index contributed by atoms with van der Waals surface area (Å²) in [6, 6.07) is 8.98. The van der Waals surface area contributed by atoms with Crippen molar-refractivity contribution in [2.45, 2.75) is 77.6 Å². The molecule has 12 nitrogen and oxygen atoms in total. The average molecular weight is 584 g/mol. The molecule has 3 rings (SSSR count). The third-order valence-electron chi connectivity index (χ3n) is 6.46. The Morgan fingerprint density at radius 1 is 1.18 bits per heavy atom. The highest BCUT2D eigenvalue weighted by atomic mass is 31.2. The SMILES string of the molecule is CC(=O)CCC(=O)O[C@@H]1[C@@H](CO[P@@](=O)(N[C@@H](C)C(C)C)Oc2ccccc2)O[C@@H](n2ccc(=O)[nH]c2=O)[C@]1(C)F. The minimum Gasteiger partial charge on any atom is -0.456 e. The molecule has 0 radical (unpaired) electrons. The summed E-state index contributed by atoms with van der Waals surface area (Å²) in [6.45, 7) is 7.40. The number of benzene rings is 1. The first-order valence-electron chi connectivity index (χ1n) is 12.8. The summed E-state index contributed by atoms with van der Waals surface area (Å²) >= 11 is 0. The van der Waals surface area contributed by atoms with Crippen molar-refractivity contribution in [3.63, 3.8) is 0 Å². The van der Waals surface area contributed by atoms with Crippen LogP contribution in [0.25, 0.3) is 0 Å². The summed E-state index contributed by atoms with van der Waals surface area (Å²) in [7, 11) is -4.09. The first-order chi connectivity index (χ1) is 18.7. The van der Waals surface area contributed by atoms with Crippen LogP contribution < -0.4 is 20.9 Å². The molecule has 14 heteroatoms. The lowest BCUT2D eigenvalue weighted by molar-refractivity contribution is -0.158. The quantitative estimate of drug-likeness (QED) is 0.265. The number of nitrogens with zero attached hydrogens (tertiary/aromatic N) is 1. The first-order valence-corrected chi connectivity index (χ1v) is 14.4. The second-order valence-corrected chi connectivity index (χ2v) is 11.9. The molecule has 2 heterocycles. The lowest BCUT2D eigenvalue weighted by Gasteiger charge is -2.29. The Morgan fingerprint density at radius 2 is 1.85 bits per heavy atom. The van der Waals surface area contributed by atoms with Crippen LogP contribution in [0.5, 0.6) is 5.75 Å². The van der Waals surface area contributed by atoms with E-state index in [0.29, 0.717) is 0 Å². The van der Waals surface area contributed by atoms with Crippen LogP contribution >= 0.6 is 7.75 Å². The maximum atomic E-state index is 16.3. The van der Waals surface area contributed by atoms with Gasteiger partial charge in [0.15, 0.2) is 18.0 Å². The number of carbonyl (C=O) groups is 2. The van der Waals surface area contributed by atoms with Gasteiger partial charge >= 0.3 is 19.4 Å². The number of halogens is 1. The number of aromatic amines is 1. The van der Waals surface area contributed by atoms with E-state index in [1.165, 1.54) is 6.92 Å². The topological polar surface area (TPSA) is 155 Å². The van der Waals surface area contributed by atoms with E-state index in [2.05, 4.69) is 5.09 Å². The monoisotopic (exact) mass is 583 g/mol. The van der Waals surface area contributed by atoms with Crippen LogP contribution in [0, 0.1) is 5.92 Å². The van der Waals surface area contributed by atoms with Gasteiger partial charge in [0.25, 0.3) is 5.56 Å². The number of aromatic nitrogens is 2. The van der Waals surface area contributed by atoms with Crippen LogP contribution in [0.4, 0.5) is 4.39 Å². The highest BCUT2D eigenvalue weighted by Crippen LogP contribution is 2.48. The summed E-state index contributed by atoms with van der Waals surface area (Å²) in [5, 5.41) is 2.85. The van der Waals surface area contributed by atoms with Crippen LogP contribution in [0.15, 0.2) is 52.2 Å². The van der Waals surface area contributed by atoms with Crippen molar-refractivity contribution in [1.29, 1.82) is 0 Å². The van der Waals surface area contributed by atoms with E-state index in [1.54, 1.807) is 37.3 Å². The van der Waals surface area contributed by atoms with E-state index >= 15 is 4.39 Å². The number of ether oxygens (including phenoxy) is 2. The fraction of sp³-hybridized carbons (Fsp3) is 0.538. The van der Waals surface area contributed by atoms with Gasteiger partial charge in [-0.25, -0.2) is 18.8 Å². The summed E-state index contributed by atoms with van der Waals surface area (Å²) in [6.07, 6.45) is -4.00. The van der Waals surface area contributed by atoms with Gasteiger partial charge in [0.2, 0.25) is 0 Å². The Kier molecular flexibility index (Phi) is 10.2. The van der Waals surface area contributed by atoms with Crippen molar-refractivity contribution >= 4 is 19.5 Å². The van der Waals surface area contributed by atoms with Crippen molar-refractivity contribution in [2.24, 2.45) is 5.92 Å². The molecular weight excluding hydrogens is 548 g/mol. The molecule has 1 aromatic heterocycles. The van der Waals surface area contributed by atoms with Gasteiger partial charge in [-0.15, -0.1) is 0 Å². The Balaban J connectivity index is 1.91. The highest BCUT2D eigenvalue weighted by molar-refractivity contribution is 7.52. The molecule has 0 spiro atoms. The van der Waals surface area contributed by atoms with Gasteiger partial charge in [0, 0.05) is 24.7 Å². The molecule has 2 aromatic rings. The van der Waals surface area contributed by atoms with Crippen LogP contribution in [0.3, 0.4) is 0 Å². The van der Waals surface area contributed by atoms with E-state index in [1.807, 2.05) is 18.8 Å². The van der Waals surface area contributed by atoms with Crippen molar-refractivity contribution in [2.75, 3.05) is 6.61 Å². The molecule has 2 N–H and O–H groups in total. The summed E-state index contributed by atoms with van der Waals surface area (Å²) < 4.78 is 53.6. The van der Waals surface area contributed by atoms with E-state index in [9.17, 15) is 23.7 Å². The van der Waals surface area contributed by atoms with Crippen molar-refractivity contribution in [3.05, 3.63) is 63.4 Å². The Hall–Kier alpha value is -3.12. The van der Waals surface area contributed by atoms with Gasteiger partial charge in [-0.3, -0.25) is 23.7 Å². The zero-order valence-corrected chi connectivity index (χ0v) is 23.9. The van der Waals surface area contributed by atoms with E-state index in [-0.39, 0.29) is 36.3 Å². The number of nitrogens with one attached hydrogen (secondary N) is 2. The van der Waals surface area contributed by atoms with E-state index in [4.69, 9.17) is 18.5 Å². The second kappa shape index (κ2) is 13.0. The van der Waals surface area contributed by atoms with Crippen molar-refractivity contribution in [3.8, 4) is 5.75 Å². The summed E-state index contributed by atoms with van der Waals surface area (Å²) in [4.78, 5) is 49.9. The Labute approximate surface area is 230 Å². The number of ketones is 1. The predicted octanol–water partition coefficient (Wildman–Crippen LogP) is 3.28. The molecule has 0 bridgehead atoms. The van der Waals surface area contributed by atoms with Gasteiger partial charge in [-0.05, 0) is 38.8 Å². The molecule has 1 saturated heterocycles. The number of carbonyl (C=O) groups excluding carboxylic acids is 2. The molecule has 40 heavy (non-hydrogen) atoms. The van der Waals surface area contributed by atoms with Gasteiger partial charge < -0.3 is 18.8 Å². The number of esters is 1. The maximum Gasteiger partial charge on any atom is 0.459 e. The molecule has 1 aliphatic rings. The van der Waals surface area contributed by atoms with Crippen LogP contribution in [0.2, 0.25) is 0 Å². The maximum absolute atomic E-state index is 16.3. The fourth-order valence-corrected chi connectivity index (χ4v) is 5.62. The van der Waals surface area contributed by atoms with Crippen molar-refractivity contribution < 1.29 is 37.1 Å². The molecule has 1 aromatic carbocycles. The standard InChI is InChI=1S/C26H35FN3O9P/c1-16(2)18(4)29-40(35,39-19-9-7-6-8-10-19)36-15-20-23(38-22(33)12-11-17(3)31)26(5,27)24(37-20)30-14-13-21(32)28-25(30)34/h6-10,13-14,16,18,20,23-24H,11-12,15H2,1-5H3,(H,29,35)(H,28,32,34)/t18-,20+,23+,24+,26+,40-/m0/s1. The van der Waals surface area contributed by atoms with Crippen molar-refractivity contribution in [1.82, 2.24) is 14.6 Å². The molecule has 1 fully saturated rings. The zero-order chi connectivity index (χ0) is 29.7. The van der Waals surface area contributed by atoms with Gasteiger partial charge in [0.1, 0.15) is 17.6 Å². The zero-order valence-electron chi connectivity index (χ0n) is 23.0. The van der Waals surface area contributed by atoms with Gasteiger partial charge in [-0.2, -0.15) is 0 Å². The summed E-state index contributed by atoms with van der Waals surface area (Å²) in [5.41, 5.74) is -4.16. The van der Waals surface area contributed by atoms with Gasteiger partial charge in [0.05, 0.1) is 13.0 Å². The van der Waals surface area contributed by atoms with Crippen LogP contribution in [0.1, 0.15) is 53.7 Å². The molecule has 0 amide bonds. The number of hydrogen-bond acceptors (Lipinski definition) is 9. The minimum absolute atomic E-state index is 0.0413. The molecule has 0 unspecified atom stereocenters. The molecule has 0 saturated carbocycles. The van der Waals surface area contributed by atoms with E-state index in [0.717, 1.165) is 23.8 Å². The number of Topliss-reactive ketones (excluding diaryl/α,β-unsaturated/α-hetero) is 1. The second-order valence-electron chi connectivity index (χ2n) is 10.2. The normalized spacial score (nSPS) is 24.8. The van der Waals surface area contributed by atoms with E-state index < -0.39 is 55.7 Å². The molecule has 1 aliphatic heterocycles. The number of alkyl halides is 1. The lowest BCUT2D eigenvalue weighted by atomic mass is 9.98. The van der Waals surface area contributed by atoms with Gasteiger partial charge in [-0.1, -0.05) is 32.0 Å². The fourth-order valence-electron chi connectivity index (χ4n) is 3.90. The third-order valence-corrected chi connectivity index (χ3v) is 8.13. The average Bonchev–Trinajstić information content (AvgIpc) is 3.11. The highest BCUT2D eigenvalue weighted by Gasteiger charge is 2.58. The number of hydrogen-bond donors (Lipinski definition) is 2. The summed E-state index contributed by atoms with van der Waals surface area (Å²) in [5.74, 6) is -0.839. The molecular formula is C26H35FN3O9P. The molecule has 220 valence electrons. The largest absolute Gasteiger partial charge is 0.459 e. The smallest absolute Gasteiger partial charge is 0.456 e. The Bertz CT molecular complexity index is 1340. The first kappa shape index (κ1) is 31.4. The number of para-hydroxylation sites is 1. The number of rotatable bonds is 13. The Morgan fingerprint density at radius 3 is 2.45 bits per heavy atom. The molecule has 6 atom stereocenters. The predicted molar refractivity (Wildman–Crippen MR) is 143 cm³/mol. The minimum atomic E-state index is -4.09. The molecule has 0 aliphatic carbocycles. The lowest BCUT2D eigenvalue weighted by Crippen LogP contribution is -2.46.